The summed E-state index contributed by atoms with van der Waals surface area (Å²) in [6, 6.07) is 13.7. The van der Waals surface area contributed by atoms with Gasteiger partial charge in [-0.2, -0.15) is 0 Å². The van der Waals surface area contributed by atoms with E-state index in [9.17, 15) is 29.4 Å². The Labute approximate surface area is 240 Å². The first-order chi connectivity index (χ1) is 20.1. The predicted octanol–water partition coefficient (Wildman–Crippen LogP) is 4.89. The Bertz CT molecular complexity index is 1860. The molecule has 2 aliphatic rings. The number of para-hydroxylation sites is 1. The number of rotatable bonds is 6. The van der Waals surface area contributed by atoms with Crippen LogP contribution in [-0.4, -0.2) is 43.6 Å². The van der Waals surface area contributed by atoms with Crippen LogP contribution < -0.4 is 0 Å². The molecule has 3 aromatic rings. The lowest BCUT2D eigenvalue weighted by Crippen LogP contribution is -2.33. The number of carbonyl (C=O) groups is 4. The highest BCUT2D eigenvalue weighted by molar-refractivity contribution is 6.23. The summed E-state index contributed by atoms with van der Waals surface area (Å²) in [5.74, 6) is -5.72. The SMILES string of the molecule is [C-]#[N+]C1=C(C)/C(=C/C=C/C=C/c2ccc3c(c2)C(=O)C(c2nc4ccccc4cc2O)C3O)C(=O)C(CC(=O)O)C1=O. The van der Waals surface area contributed by atoms with E-state index in [0.29, 0.717) is 27.6 Å². The monoisotopic (exact) mass is 560 g/mol. The molecule has 0 aliphatic heterocycles. The number of carboxylic acid groups (broad SMARTS) is 1. The minimum absolute atomic E-state index is 0.102. The minimum atomic E-state index is -1.43. The van der Waals surface area contributed by atoms with Crippen molar-refractivity contribution in [3.8, 4) is 5.75 Å². The number of aliphatic hydroxyl groups is 1. The fraction of sp³-hybridized carbons (Fsp3) is 0.152. The van der Waals surface area contributed by atoms with E-state index in [0.717, 1.165) is 0 Å². The number of Topliss-reactive ketones (excluding diaryl/α,β-unsaturated/α-hetero) is 3. The van der Waals surface area contributed by atoms with Gasteiger partial charge >= 0.3 is 5.97 Å². The number of ketones is 3. The molecule has 0 radical (unpaired) electrons. The molecule has 0 saturated heterocycles. The molecule has 0 bridgehead atoms. The van der Waals surface area contributed by atoms with Gasteiger partial charge in [-0.25, -0.2) is 9.83 Å². The van der Waals surface area contributed by atoms with Crippen LogP contribution >= 0.6 is 0 Å². The Kier molecular flexibility index (Phi) is 7.49. The van der Waals surface area contributed by atoms with Crippen molar-refractivity contribution in [2.24, 2.45) is 5.92 Å². The number of hydrogen-bond donors (Lipinski definition) is 3. The van der Waals surface area contributed by atoms with Gasteiger partial charge in [0.2, 0.25) is 5.70 Å². The molecule has 2 aliphatic carbocycles. The van der Waals surface area contributed by atoms with E-state index in [1.165, 1.54) is 25.1 Å². The Balaban J connectivity index is 1.37. The van der Waals surface area contributed by atoms with Crippen LogP contribution in [0, 0.1) is 12.5 Å². The predicted molar refractivity (Wildman–Crippen MR) is 153 cm³/mol. The van der Waals surface area contributed by atoms with Gasteiger partial charge in [0.05, 0.1) is 42.1 Å². The van der Waals surface area contributed by atoms with E-state index in [1.807, 2.05) is 6.07 Å². The van der Waals surface area contributed by atoms with Crippen molar-refractivity contribution in [2.75, 3.05) is 0 Å². The summed E-state index contributed by atoms with van der Waals surface area (Å²) in [4.78, 5) is 57.4. The number of carboxylic acids is 1. The molecule has 0 spiro atoms. The number of allylic oxidation sites excluding steroid dienone is 7. The molecular weight excluding hydrogens is 536 g/mol. The van der Waals surface area contributed by atoms with Gasteiger partial charge in [0.15, 0.2) is 17.3 Å². The van der Waals surface area contributed by atoms with Crippen LogP contribution in [0.15, 0.2) is 89.7 Å². The van der Waals surface area contributed by atoms with Crippen LogP contribution in [0.2, 0.25) is 0 Å². The maximum atomic E-state index is 13.4. The number of aromatic nitrogens is 1. The lowest BCUT2D eigenvalue weighted by molar-refractivity contribution is -0.143. The third-order valence-corrected chi connectivity index (χ3v) is 7.44. The van der Waals surface area contributed by atoms with E-state index in [1.54, 1.807) is 54.6 Å². The number of carbonyl (C=O) groups excluding carboxylic acids is 3. The molecule has 1 heterocycles. The first kappa shape index (κ1) is 28.1. The molecule has 3 atom stereocenters. The molecule has 3 N–H and O–H groups in total. The number of pyridine rings is 1. The molecular formula is C33H24N2O7. The average Bonchev–Trinajstić information content (AvgIpc) is 3.21. The zero-order valence-corrected chi connectivity index (χ0v) is 22.3. The van der Waals surface area contributed by atoms with E-state index < -0.39 is 41.9 Å². The topological polar surface area (TPSA) is 146 Å². The maximum absolute atomic E-state index is 13.4. The Morgan fingerprint density at radius 2 is 1.79 bits per heavy atom. The molecule has 0 saturated carbocycles. The molecule has 5 rings (SSSR count). The number of aromatic hydroxyl groups is 1. The Morgan fingerprint density at radius 3 is 2.52 bits per heavy atom. The summed E-state index contributed by atoms with van der Waals surface area (Å²) in [6.45, 7) is 8.76. The smallest absolute Gasteiger partial charge is 0.304 e. The van der Waals surface area contributed by atoms with Crippen LogP contribution in [-0.2, 0) is 14.4 Å². The average molecular weight is 561 g/mol. The van der Waals surface area contributed by atoms with Crippen molar-refractivity contribution in [3.05, 3.63) is 123 Å². The Morgan fingerprint density at radius 1 is 1.02 bits per heavy atom. The fourth-order valence-corrected chi connectivity index (χ4v) is 5.32. The molecule has 9 heteroatoms. The minimum Gasteiger partial charge on any atom is -0.506 e. The first-order valence-corrected chi connectivity index (χ1v) is 13.0. The lowest BCUT2D eigenvalue weighted by atomic mass is 9.80. The number of aliphatic hydroxyl groups excluding tert-OH is 1. The van der Waals surface area contributed by atoms with Crippen LogP contribution in [0.1, 0.15) is 52.5 Å². The maximum Gasteiger partial charge on any atom is 0.304 e. The molecule has 1 aromatic heterocycles. The van der Waals surface area contributed by atoms with E-state index in [2.05, 4.69) is 9.83 Å². The normalized spacial score (nSPS) is 21.6. The second kappa shape index (κ2) is 11.2. The van der Waals surface area contributed by atoms with Crippen LogP contribution in [0.25, 0.3) is 21.8 Å². The van der Waals surface area contributed by atoms with Gasteiger partial charge in [0, 0.05) is 16.5 Å². The van der Waals surface area contributed by atoms with E-state index in [4.69, 9.17) is 11.7 Å². The summed E-state index contributed by atoms with van der Waals surface area (Å²) >= 11 is 0. The zero-order chi connectivity index (χ0) is 30.1. The highest BCUT2D eigenvalue weighted by atomic mass is 16.4. The number of hydrogen-bond acceptors (Lipinski definition) is 7. The summed E-state index contributed by atoms with van der Waals surface area (Å²) < 4.78 is 0. The number of aliphatic carboxylic acids is 1. The van der Waals surface area contributed by atoms with Crippen molar-refractivity contribution in [2.45, 2.75) is 25.4 Å². The fourth-order valence-electron chi connectivity index (χ4n) is 5.32. The standard InChI is InChI=1S/C33H24N2O7/c1-17-20(30(39)23(16-26(37)38)33(42)28(17)34-2)10-5-3-4-8-18-12-13-21-22(14-18)32(41)27(31(21)40)29-25(36)15-19-9-6-7-11-24(19)35-29/h3-15,23,27,31,36,40H,16H2,1H3,(H,37,38)/b5-3+,8-4+,20-10-. The number of nitrogens with zero attached hydrogens (tertiary/aromatic N) is 2. The van der Waals surface area contributed by atoms with Gasteiger partial charge in [-0.3, -0.25) is 14.4 Å². The highest BCUT2D eigenvalue weighted by Crippen LogP contribution is 2.45. The van der Waals surface area contributed by atoms with E-state index in [-0.39, 0.29) is 34.1 Å². The van der Waals surface area contributed by atoms with Crippen LogP contribution in [0.5, 0.6) is 5.75 Å². The first-order valence-electron chi connectivity index (χ1n) is 13.0. The van der Waals surface area contributed by atoms with Gasteiger partial charge in [-0.05, 0) is 41.8 Å². The number of benzene rings is 2. The second-order valence-corrected chi connectivity index (χ2v) is 10.0. The van der Waals surface area contributed by atoms with Crippen molar-refractivity contribution >= 4 is 40.3 Å². The van der Waals surface area contributed by atoms with E-state index >= 15 is 0 Å². The molecule has 0 amide bonds. The van der Waals surface area contributed by atoms with Crippen molar-refractivity contribution in [3.63, 3.8) is 0 Å². The van der Waals surface area contributed by atoms with Gasteiger partial charge in [-0.1, -0.05) is 60.7 Å². The summed E-state index contributed by atoms with van der Waals surface area (Å²) in [7, 11) is 0. The van der Waals surface area contributed by atoms with Gasteiger partial charge < -0.3 is 20.1 Å². The van der Waals surface area contributed by atoms with Gasteiger partial charge in [0.1, 0.15) is 5.75 Å². The molecule has 42 heavy (non-hydrogen) atoms. The third-order valence-electron chi connectivity index (χ3n) is 7.44. The largest absolute Gasteiger partial charge is 0.506 e. The second-order valence-electron chi connectivity index (χ2n) is 10.0. The van der Waals surface area contributed by atoms with Gasteiger partial charge in [0.25, 0.3) is 0 Å². The molecule has 3 unspecified atom stereocenters. The van der Waals surface area contributed by atoms with Crippen molar-refractivity contribution in [1.82, 2.24) is 4.98 Å². The van der Waals surface area contributed by atoms with Crippen LogP contribution in [0.3, 0.4) is 0 Å². The zero-order valence-electron chi connectivity index (χ0n) is 22.3. The lowest BCUT2D eigenvalue weighted by Gasteiger charge is -2.21. The summed E-state index contributed by atoms with van der Waals surface area (Å²) in [6.07, 6.45) is 6.09. The van der Waals surface area contributed by atoms with Crippen molar-refractivity contribution < 1.29 is 34.5 Å². The molecule has 0 fully saturated rings. The van der Waals surface area contributed by atoms with Gasteiger partial charge in [-0.15, -0.1) is 0 Å². The molecule has 2 aromatic carbocycles. The quantitative estimate of drug-likeness (QED) is 0.167. The number of fused-ring (bicyclic) bond motifs is 2. The highest BCUT2D eigenvalue weighted by Gasteiger charge is 2.42. The molecule has 208 valence electrons. The third kappa shape index (κ3) is 4.96. The summed E-state index contributed by atoms with van der Waals surface area (Å²) in [5.41, 5.74) is 2.20. The Hall–Kier alpha value is -5.46. The van der Waals surface area contributed by atoms with Crippen LogP contribution in [0.4, 0.5) is 0 Å². The van der Waals surface area contributed by atoms with Crippen molar-refractivity contribution in [1.29, 1.82) is 0 Å². The summed E-state index contributed by atoms with van der Waals surface area (Å²) in [5, 5.41) is 31.4. The molecule has 9 nitrogen and oxygen atoms in total.